The van der Waals surface area contributed by atoms with Crippen molar-refractivity contribution in [2.75, 3.05) is 5.32 Å². The molecule has 1 saturated carbocycles. The number of imide groups is 1. The van der Waals surface area contributed by atoms with Crippen molar-refractivity contribution in [3.05, 3.63) is 71.1 Å². The van der Waals surface area contributed by atoms with E-state index in [0.717, 1.165) is 55.3 Å². The molecule has 1 aliphatic carbocycles. The quantitative estimate of drug-likeness (QED) is 0.426. The van der Waals surface area contributed by atoms with Crippen LogP contribution in [-0.2, 0) is 11.3 Å². The van der Waals surface area contributed by atoms with Gasteiger partial charge in [-0.15, -0.1) is 0 Å². The average molecular weight is 476 g/mol. The molecule has 0 atom stereocenters. The molecule has 34 heavy (non-hydrogen) atoms. The largest absolute Gasteiger partial charge is 0.464 e. The molecule has 1 aromatic carbocycles. The summed E-state index contributed by atoms with van der Waals surface area (Å²) >= 11 is 0.882. The van der Waals surface area contributed by atoms with E-state index < -0.39 is 0 Å². The second kappa shape index (κ2) is 10.2. The van der Waals surface area contributed by atoms with Gasteiger partial charge in [0.05, 0.1) is 16.9 Å². The van der Waals surface area contributed by atoms with Gasteiger partial charge < -0.3 is 15.1 Å². The van der Waals surface area contributed by atoms with Crippen LogP contribution in [0, 0.1) is 0 Å². The summed E-state index contributed by atoms with van der Waals surface area (Å²) in [4.78, 5) is 32.2. The van der Waals surface area contributed by atoms with Crippen molar-refractivity contribution in [2.24, 2.45) is 0 Å². The van der Waals surface area contributed by atoms with Gasteiger partial charge in [0.15, 0.2) is 0 Å². The van der Waals surface area contributed by atoms with Crippen LogP contribution < -0.4 is 16.0 Å². The summed E-state index contributed by atoms with van der Waals surface area (Å²) in [5, 5.41) is 8.99. The van der Waals surface area contributed by atoms with Crippen molar-refractivity contribution >= 4 is 34.9 Å². The summed E-state index contributed by atoms with van der Waals surface area (Å²) in [6.45, 7) is 0.825. The maximum atomic E-state index is 11.7. The maximum Gasteiger partial charge on any atom is 0.290 e. The Bertz CT molecular complexity index is 1200. The lowest BCUT2D eigenvalue weighted by Gasteiger charge is -2.30. The number of furan rings is 1. The predicted octanol–water partition coefficient (Wildman–Crippen LogP) is 4.57. The number of amides is 2. The summed E-state index contributed by atoms with van der Waals surface area (Å²) in [6, 6.07) is 14.8. The Labute approximate surface area is 201 Å². The molecule has 3 aromatic rings. The summed E-state index contributed by atoms with van der Waals surface area (Å²) in [6.07, 6.45) is 9.14. The molecule has 2 fully saturated rings. The van der Waals surface area contributed by atoms with Crippen molar-refractivity contribution in [3.63, 3.8) is 0 Å². The van der Waals surface area contributed by atoms with Crippen LogP contribution in [-0.4, -0.2) is 33.2 Å². The lowest BCUT2D eigenvalue weighted by Crippen LogP contribution is -2.36. The van der Waals surface area contributed by atoms with Gasteiger partial charge in [-0.3, -0.25) is 14.9 Å². The first-order valence-corrected chi connectivity index (χ1v) is 12.1. The van der Waals surface area contributed by atoms with Crippen LogP contribution >= 0.6 is 11.8 Å². The Hall–Kier alpha value is -3.43. The fourth-order valence-electron chi connectivity index (χ4n) is 4.24. The molecule has 0 unspecified atom stereocenters. The fraction of sp³-hybridized carbons (Fsp3) is 0.280. The van der Waals surface area contributed by atoms with E-state index in [1.54, 1.807) is 24.6 Å². The molecule has 0 spiro atoms. The topological polar surface area (TPSA) is 109 Å². The molecule has 1 saturated heterocycles. The number of rotatable bonds is 7. The van der Waals surface area contributed by atoms with Crippen LogP contribution in [0.15, 0.2) is 64.2 Å². The number of hydrogen-bond acceptors (Lipinski definition) is 8. The van der Waals surface area contributed by atoms with Gasteiger partial charge in [-0.25, -0.2) is 9.97 Å². The van der Waals surface area contributed by atoms with Gasteiger partial charge in [0.25, 0.3) is 11.1 Å². The van der Waals surface area contributed by atoms with Gasteiger partial charge in [-0.1, -0.05) is 18.2 Å². The molecule has 9 heteroatoms. The average Bonchev–Trinajstić information content (AvgIpc) is 3.49. The number of carbonyl (C=O) groups excluding carboxylic acids is 2. The number of benzene rings is 1. The maximum absolute atomic E-state index is 11.7. The van der Waals surface area contributed by atoms with Crippen LogP contribution in [0.4, 0.5) is 10.7 Å². The highest BCUT2D eigenvalue weighted by Gasteiger charge is 2.25. The molecule has 3 heterocycles. The van der Waals surface area contributed by atoms with E-state index in [4.69, 9.17) is 4.42 Å². The van der Waals surface area contributed by atoms with Crippen LogP contribution in [0.5, 0.6) is 0 Å². The van der Waals surface area contributed by atoms with Crippen LogP contribution in [0.1, 0.15) is 36.9 Å². The van der Waals surface area contributed by atoms with Crippen LogP contribution in [0.25, 0.3) is 17.4 Å². The molecule has 2 aliphatic rings. The van der Waals surface area contributed by atoms with E-state index in [0.29, 0.717) is 28.6 Å². The molecule has 3 N–H and O–H groups in total. The van der Waals surface area contributed by atoms with Crippen LogP contribution in [0.2, 0.25) is 0 Å². The molecule has 2 aromatic heterocycles. The van der Waals surface area contributed by atoms with Gasteiger partial charge in [-0.05, 0) is 73.4 Å². The minimum absolute atomic E-state index is 0.300. The number of anilines is 1. The van der Waals surface area contributed by atoms with Crippen molar-refractivity contribution in [1.29, 1.82) is 0 Å². The van der Waals surface area contributed by atoms with Gasteiger partial charge >= 0.3 is 0 Å². The third-order valence-electron chi connectivity index (χ3n) is 5.99. The van der Waals surface area contributed by atoms with Gasteiger partial charge in [0.2, 0.25) is 5.95 Å². The summed E-state index contributed by atoms with van der Waals surface area (Å²) in [5.41, 5.74) is 2.93. The fourth-order valence-corrected chi connectivity index (χ4v) is 4.91. The van der Waals surface area contributed by atoms with Gasteiger partial charge in [-0.2, -0.15) is 0 Å². The highest BCUT2D eigenvalue weighted by Crippen LogP contribution is 2.26. The highest BCUT2D eigenvalue weighted by atomic mass is 32.2. The van der Waals surface area contributed by atoms with Gasteiger partial charge in [0.1, 0.15) is 5.76 Å². The third-order valence-corrected chi connectivity index (χ3v) is 6.80. The molecule has 2 amide bonds. The third kappa shape index (κ3) is 5.55. The first-order chi connectivity index (χ1) is 16.6. The normalized spacial score (nSPS) is 21.6. The smallest absolute Gasteiger partial charge is 0.290 e. The molecule has 5 rings (SSSR count). The first kappa shape index (κ1) is 22.4. The zero-order valence-electron chi connectivity index (χ0n) is 18.5. The Kier molecular flexibility index (Phi) is 6.73. The Morgan fingerprint density at radius 2 is 1.94 bits per heavy atom. The predicted molar refractivity (Wildman–Crippen MR) is 132 cm³/mol. The summed E-state index contributed by atoms with van der Waals surface area (Å²) in [5.74, 6) is 1.03. The number of carbonyl (C=O) groups is 2. The van der Waals surface area contributed by atoms with Crippen molar-refractivity contribution < 1.29 is 14.0 Å². The number of nitrogens with one attached hydrogen (secondary N) is 3. The summed E-state index contributed by atoms with van der Waals surface area (Å²) in [7, 11) is 0. The second-order valence-corrected chi connectivity index (χ2v) is 9.42. The van der Waals surface area contributed by atoms with E-state index in [9.17, 15) is 9.59 Å². The molecule has 1 aliphatic heterocycles. The van der Waals surface area contributed by atoms with E-state index in [1.807, 2.05) is 12.1 Å². The second-order valence-electron chi connectivity index (χ2n) is 8.41. The zero-order valence-corrected chi connectivity index (χ0v) is 19.3. The molecule has 8 nitrogen and oxygen atoms in total. The SMILES string of the molecule is O=C1NC(=O)/C(=C/c2ccnc(N[C@H]3CC[C@H](NCc4cccc(-c5ccco5)c4)CC3)n2)S1. The molecular formula is C25H25N5O3S. The Morgan fingerprint density at radius 1 is 1.09 bits per heavy atom. The van der Waals surface area contributed by atoms with Crippen molar-refractivity contribution in [2.45, 2.75) is 44.3 Å². The summed E-state index contributed by atoms with van der Waals surface area (Å²) < 4.78 is 5.51. The van der Waals surface area contributed by atoms with Crippen molar-refractivity contribution in [3.8, 4) is 11.3 Å². The van der Waals surface area contributed by atoms with Crippen LogP contribution in [0.3, 0.4) is 0 Å². The monoisotopic (exact) mass is 475 g/mol. The lowest BCUT2D eigenvalue weighted by molar-refractivity contribution is -0.115. The number of thioether (sulfide) groups is 1. The first-order valence-electron chi connectivity index (χ1n) is 11.3. The number of aromatic nitrogens is 2. The highest BCUT2D eigenvalue weighted by molar-refractivity contribution is 8.18. The number of nitrogens with zero attached hydrogens (tertiary/aromatic N) is 2. The molecule has 0 bridgehead atoms. The molecule has 174 valence electrons. The van der Waals surface area contributed by atoms with E-state index in [1.165, 1.54) is 5.56 Å². The van der Waals surface area contributed by atoms with E-state index >= 15 is 0 Å². The minimum atomic E-state index is -0.387. The van der Waals surface area contributed by atoms with Crippen molar-refractivity contribution in [1.82, 2.24) is 20.6 Å². The van der Waals surface area contributed by atoms with E-state index in [-0.39, 0.29) is 11.1 Å². The van der Waals surface area contributed by atoms with E-state index in [2.05, 4.69) is 50.2 Å². The number of hydrogen-bond donors (Lipinski definition) is 3. The standard InChI is InChI=1S/C25H25N5O3S/c31-23-22(34-25(32)30-23)14-20-10-11-26-24(29-20)28-19-8-6-18(7-9-19)27-15-16-3-1-4-17(13-16)21-5-2-12-33-21/h1-5,10-14,18-19,27H,6-9,15H2,(H,26,28,29)(H,30,31,32)/b22-14-/t18-,19-. The minimum Gasteiger partial charge on any atom is -0.464 e. The Morgan fingerprint density at radius 3 is 2.71 bits per heavy atom. The van der Waals surface area contributed by atoms with Gasteiger partial charge in [0, 0.05) is 30.4 Å². The molecular weight excluding hydrogens is 450 g/mol. The lowest BCUT2D eigenvalue weighted by atomic mass is 9.91. The zero-order chi connectivity index (χ0) is 23.3. The Balaban J connectivity index is 1.11. The molecule has 0 radical (unpaired) electrons.